The first-order chi connectivity index (χ1) is 9.22. The normalized spacial score (nSPS) is 12.4. The molecule has 2 rings (SSSR count). The van der Waals surface area contributed by atoms with E-state index in [1.165, 1.54) is 6.07 Å². The first-order valence-corrected chi connectivity index (χ1v) is 6.48. The van der Waals surface area contributed by atoms with Gasteiger partial charge in [-0.2, -0.15) is 0 Å². The quantitative estimate of drug-likeness (QED) is 0.897. The standard InChI is InChI=1S/C15H18FN3/c1-3-7-17-14(15-18-8-4-9-19-15)12-10-11(2)5-6-13(12)16/h4-6,8-10,14,17H,3,7H2,1-2H3. The molecule has 0 fully saturated rings. The number of hydrogen-bond acceptors (Lipinski definition) is 3. The fourth-order valence-corrected chi connectivity index (χ4v) is 1.97. The number of aryl methyl sites for hydroxylation is 1. The lowest BCUT2D eigenvalue weighted by molar-refractivity contribution is 0.529. The number of nitrogens with zero attached hydrogens (tertiary/aromatic N) is 2. The van der Waals surface area contributed by atoms with Crippen LogP contribution in [0.1, 0.15) is 36.3 Å². The van der Waals surface area contributed by atoms with Crippen LogP contribution in [0.2, 0.25) is 0 Å². The van der Waals surface area contributed by atoms with Gasteiger partial charge < -0.3 is 5.32 Å². The number of nitrogens with one attached hydrogen (secondary N) is 1. The summed E-state index contributed by atoms with van der Waals surface area (Å²) >= 11 is 0. The van der Waals surface area contributed by atoms with E-state index in [2.05, 4.69) is 22.2 Å². The largest absolute Gasteiger partial charge is 0.304 e. The Balaban J connectivity index is 2.40. The molecule has 0 saturated carbocycles. The lowest BCUT2D eigenvalue weighted by atomic mass is 10.0. The molecule has 1 N–H and O–H groups in total. The van der Waals surface area contributed by atoms with Crippen molar-refractivity contribution >= 4 is 0 Å². The smallest absolute Gasteiger partial charge is 0.149 e. The monoisotopic (exact) mass is 259 g/mol. The number of rotatable bonds is 5. The number of halogens is 1. The van der Waals surface area contributed by atoms with Gasteiger partial charge in [-0.05, 0) is 32.0 Å². The molecule has 4 heteroatoms. The van der Waals surface area contributed by atoms with Gasteiger partial charge in [0, 0.05) is 18.0 Å². The average Bonchev–Trinajstić information content (AvgIpc) is 2.44. The van der Waals surface area contributed by atoms with E-state index in [0.29, 0.717) is 11.4 Å². The summed E-state index contributed by atoms with van der Waals surface area (Å²) in [6, 6.07) is 6.56. The third kappa shape index (κ3) is 3.35. The van der Waals surface area contributed by atoms with Crippen LogP contribution in [0.15, 0.2) is 36.7 Å². The molecule has 1 aromatic heterocycles. The second-order valence-corrected chi connectivity index (χ2v) is 4.52. The van der Waals surface area contributed by atoms with Crippen molar-refractivity contribution in [2.45, 2.75) is 26.3 Å². The Morgan fingerprint density at radius 1 is 1.26 bits per heavy atom. The molecule has 0 saturated heterocycles. The molecule has 1 atom stereocenters. The number of aromatic nitrogens is 2. The predicted octanol–water partition coefficient (Wildman–Crippen LogP) is 3.01. The van der Waals surface area contributed by atoms with Gasteiger partial charge in [0.25, 0.3) is 0 Å². The summed E-state index contributed by atoms with van der Waals surface area (Å²) in [5.74, 6) is 0.368. The van der Waals surface area contributed by atoms with Crippen molar-refractivity contribution in [3.05, 3.63) is 59.4 Å². The molecule has 0 radical (unpaired) electrons. The maximum atomic E-state index is 14.0. The van der Waals surface area contributed by atoms with Crippen molar-refractivity contribution in [3.63, 3.8) is 0 Å². The van der Waals surface area contributed by atoms with E-state index >= 15 is 0 Å². The lowest BCUT2D eigenvalue weighted by Crippen LogP contribution is -2.26. The van der Waals surface area contributed by atoms with Crippen molar-refractivity contribution < 1.29 is 4.39 Å². The van der Waals surface area contributed by atoms with E-state index in [-0.39, 0.29) is 11.9 Å². The highest BCUT2D eigenvalue weighted by atomic mass is 19.1. The fourth-order valence-electron chi connectivity index (χ4n) is 1.97. The third-order valence-electron chi connectivity index (χ3n) is 2.90. The Kier molecular flexibility index (Phi) is 4.58. The summed E-state index contributed by atoms with van der Waals surface area (Å²) in [7, 11) is 0. The maximum absolute atomic E-state index is 14.0. The summed E-state index contributed by atoms with van der Waals surface area (Å²) in [5.41, 5.74) is 1.62. The van der Waals surface area contributed by atoms with E-state index < -0.39 is 0 Å². The molecule has 0 bridgehead atoms. The summed E-state index contributed by atoms with van der Waals surface area (Å²) in [6.07, 6.45) is 4.32. The van der Waals surface area contributed by atoms with Gasteiger partial charge in [-0.1, -0.05) is 24.6 Å². The molecule has 0 aliphatic rings. The highest BCUT2D eigenvalue weighted by Gasteiger charge is 2.19. The molecule has 1 unspecified atom stereocenters. The van der Waals surface area contributed by atoms with Gasteiger partial charge in [-0.25, -0.2) is 14.4 Å². The first kappa shape index (κ1) is 13.6. The van der Waals surface area contributed by atoms with Crippen LogP contribution in [-0.4, -0.2) is 16.5 Å². The first-order valence-electron chi connectivity index (χ1n) is 6.48. The van der Waals surface area contributed by atoms with Gasteiger partial charge in [0.05, 0.1) is 6.04 Å². The van der Waals surface area contributed by atoms with Crippen LogP contribution in [0.25, 0.3) is 0 Å². The van der Waals surface area contributed by atoms with Crippen molar-refractivity contribution in [3.8, 4) is 0 Å². The van der Waals surface area contributed by atoms with Crippen LogP contribution in [0, 0.1) is 12.7 Å². The molecular formula is C15H18FN3. The molecule has 1 heterocycles. The summed E-state index contributed by atoms with van der Waals surface area (Å²) in [5, 5.41) is 3.31. The second kappa shape index (κ2) is 6.38. The van der Waals surface area contributed by atoms with Crippen molar-refractivity contribution in [1.29, 1.82) is 0 Å². The van der Waals surface area contributed by atoms with Gasteiger partial charge >= 0.3 is 0 Å². The van der Waals surface area contributed by atoms with Crippen molar-refractivity contribution in [2.24, 2.45) is 0 Å². The average molecular weight is 259 g/mol. The van der Waals surface area contributed by atoms with Crippen LogP contribution in [-0.2, 0) is 0 Å². The Morgan fingerprint density at radius 2 is 2.00 bits per heavy atom. The summed E-state index contributed by atoms with van der Waals surface area (Å²) < 4.78 is 14.0. The van der Waals surface area contributed by atoms with Gasteiger partial charge in [0.15, 0.2) is 0 Å². The van der Waals surface area contributed by atoms with Gasteiger partial charge in [0.1, 0.15) is 11.6 Å². The molecule has 0 amide bonds. The zero-order chi connectivity index (χ0) is 13.7. The van der Waals surface area contributed by atoms with Crippen molar-refractivity contribution in [2.75, 3.05) is 6.54 Å². The minimum Gasteiger partial charge on any atom is -0.304 e. The Labute approximate surface area is 112 Å². The predicted molar refractivity (Wildman–Crippen MR) is 73.3 cm³/mol. The highest BCUT2D eigenvalue weighted by molar-refractivity contribution is 5.30. The van der Waals surface area contributed by atoms with E-state index in [0.717, 1.165) is 18.5 Å². The maximum Gasteiger partial charge on any atom is 0.149 e. The third-order valence-corrected chi connectivity index (χ3v) is 2.90. The van der Waals surface area contributed by atoms with Crippen LogP contribution in [0.3, 0.4) is 0 Å². The molecular weight excluding hydrogens is 241 g/mol. The van der Waals surface area contributed by atoms with E-state index in [4.69, 9.17) is 0 Å². The summed E-state index contributed by atoms with van der Waals surface area (Å²) in [4.78, 5) is 8.48. The van der Waals surface area contributed by atoms with Gasteiger partial charge in [0.2, 0.25) is 0 Å². The Bertz CT molecular complexity index is 528. The minimum absolute atomic E-state index is 0.230. The zero-order valence-corrected chi connectivity index (χ0v) is 11.2. The van der Waals surface area contributed by atoms with Crippen molar-refractivity contribution in [1.82, 2.24) is 15.3 Å². The molecule has 1 aromatic carbocycles. The van der Waals surface area contributed by atoms with Gasteiger partial charge in [-0.3, -0.25) is 0 Å². The fraction of sp³-hybridized carbons (Fsp3) is 0.333. The van der Waals surface area contributed by atoms with Crippen LogP contribution < -0.4 is 5.32 Å². The Hall–Kier alpha value is -1.81. The van der Waals surface area contributed by atoms with Crippen LogP contribution in [0.5, 0.6) is 0 Å². The topological polar surface area (TPSA) is 37.8 Å². The second-order valence-electron chi connectivity index (χ2n) is 4.52. The molecule has 3 nitrogen and oxygen atoms in total. The van der Waals surface area contributed by atoms with E-state index in [9.17, 15) is 4.39 Å². The molecule has 19 heavy (non-hydrogen) atoms. The number of benzene rings is 1. The molecule has 0 aliphatic carbocycles. The van der Waals surface area contributed by atoms with Crippen LogP contribution >= 0.6 is 0 Å². The zero-order valence-electron chi connectivity index (χ0n) is 11.2. The molecule has 2 aromatic rings. The molecule has 0 spiro atoms. The number of hydrogen-bond donors (Lipinski definition) is 1. The lowest BCUT2D eigenvalue weighted by Gasteiger charge is -2.18. The minimum atomic E-state index is -0.305. The Morgan fingerprint density at radius 3 is 2.68 bits per heavy atom. The molecule has 0 aliphatic heterocycles. The highest BCUT2D eigenvalue weighted by Crippen LogP contribution is 2.22. The molecule has 100 valence electrons. The van der Waals surface area contributed by atoms with Crippen LogP contribution in [0.4, 0.5) is 4.39 Å². The SMILES string of the molecule is CCCNC(c1ncccn1)c1cc(C)ccc1F. The van der Waals surface area contributed by atoms with Gasteiger partial charge in [-0.15, -0.1) is 0 Å². The summed E-state index contributed by atoms with van der Waals surface area (Å²) in [6.45, 7) is 4.81. The van der Waals surface area contributed by atoms with E-state index in [1.54, 1.807) is 24.5 Å². The van der Waals surface area contributed by atoms with E-state index in [1.807, 2.05) is 13.0 Å².